The lowest BCUT2D eigenvalue weighted by Gasteiger charge is -2.08. The van der Waals surface area contributed by atoms with Gasteiger partial charge in [0.2, 0.25) is 5.91 Å². The Morgan fingerprint density at radius 2 is 1.84 bits per heavy atom. The molecule has 1 rings (SSSR count). The maximum absolute atomic E-state index is 11.7. The molecule has 0 unspecified atom stereocenters. The summed E-state index contributed by atoms with van der Waals surface area (Å²) in [4.78, 5) is 11.2. The number of anilines is 1. The van der Waals surface area contributed by atoms with Crippen molar-refractivity contribution in [3.05, 3.63) is 29.8 Å². The molecule has 1 aromatic carbocycles. The zero-order valence-corrected chi connectivity index (χ0v) is 10.7. The van der Waals surface area contributed by atoms with E-state index in [-0.39, 0.29) is 12.4 Å². The molecule has 108 valence electrons. The Balaban J connectivity index is 0.00000324. The summed E-state index contributed by atoms with van der Waals surface area (Å²) in [6.07, 6.45) is -4.43. The van der Waals surface area contributed by atoms with Gasteiger partial charge in [0.25, 0.3) is 0 Å². The first-order valence-corrected chi connectivity index (χ1v) is 5.14. The van der Waals surface area contributed by atoms with Crippen LogP contribution in [-0.4, -0.2) is 25.3 Å². The molecule has 3 N–H and O–H groups in total. The highest BCUT2D eigenvalue weighted by atomic mass is 35.5. The molecular weight excluding hydrogens is 285 g/mol. The van der Waals surface area contributed by atoms with E-state index in [1.165, 1.54) is 0 Å². The van der Waals surface area contributed by atoms with Crippen molar-refractivity contribution >= 4 is 24.0 Å². The van der Waals surface area contributed by atoms with Crippen molar-refractivity contribution < 1.29 is 22.7 Å². The molecule has 0 spiro atoms. The van der Waals surface area contributed by atoms with E-state index >= 15 is 0 Å². The van der Waals surface area contributed by atoms with Crippen molar-refractivity contribution in [1.82, 2.24) is 0 Å². The van der Waals surface area contributed by atoms with Gasteiger partial charge in [-0.25, -0.2) is 0 Å². The van der Waals surface area contributed by atoms with Gasteiger partial charge in [-0.2, -0.15) is 13.2 Å². The van der Waals surface area contributed by atoms with Crippen molar-refractivity contribution in [1.29, 1.82) is 0 Å². The van der Waals surface area contributed by atoms with Gasteiger partial charge in [0.15, 0.2) is 0 Å². The Kier molecular flexibility index (Phi) is 7.43. The van der Waals surface area contributed by atoms with Crippen LogP contribution in [0, 0.1) is 0 Å². The third-order valence-corrected chi connectivity index (χ3v) is 1.97. The monoisotopic (exact) mass is 298 g/mol. The fourth-order valence-corrected chi connectivity index (χ4v) is 1.18. The SMILES string of the molecule is Cl.NCc1ccc(NC(=O)COCC(F)(F)F)cc1. The van der Waals surface area contributed by atoms with Gasteiger partial charge < -0.3 is 15.8 Å². The van der Waals surface area contributed by atoms with Crippen LogP contribution in [0.2, 0.25) is 0 Å². The average molecular weight is 299 g/mol. The average Bonchev–Trinajstić information content (AvgIpc) is 2.28. The minimum absolute atomic E-state index is 0. The van der Waals surface area contributed by atoms with Crippen LogP contribution in [0.25, 0.3) is 0 Å². The molecular formula is C11H14ClF3N2O2. The summed E-state index contributed by atoms with van der Waals surface area (Å²) in [5.74, 6) is -0.639. The van der Waals surface area contributed by atoms with E-state index in [1.807, 2.05) is 0 Å². The number of hydrogen-bond acceptors (Lipinski definition) is 3. The molecule has 0 fully saturated rings. The summed E-state index contributed by atoms with van der Waals surface area (Å²) in [6, 6.07) is 6.66. The number of nitrogens with two attached hydrogens (primary N) is 1. The standard InChI is InChI=1S/C11H13F3N2O2.ClH/c12-11(13,14)7-18-6-10(17)16-9-3-1-8(5-15)2-4-9;/h1-4H,5-7,15H2,(H,16,17);1H. The molecule has 0 atom stereocenters. The van der Waals surface area contributed by atoms with Crippen LogP contribution >= 0.6 is 12.4 Å². The Morgan fingerprint density at radius 1 is 1.26 bits per heavy atom. The second-order valence-corrected chi connectivity index (χ2v) is 3.56. The minimum Gasteiger partial charge on any atom is -0.362 e. The van der Waals surface area contributed by atoms with Crippen molar-refractivity contribution in [2.75, 3.05) is 18.5 Å². The number of hydrogen-bond donors (Lipinski definition) is 2. The number of carbonyl (C=O) groups is 1. The van der Waals surface area contributed by atoms with Gasteiger partial charge >= 0.3 is 6.18 Å². The highest BCUT2D eigenvalue weighted by Crippen LogP contribution is 2.14. The lowest BCUT2D eigenvalue weighted by atomic mass is 10.2. The first-order valence-electron chi connectivity index (χ1n) is 5.14. The van der Waals surface area contributed by atoms with E-state index in [1.54, 1.807) is 24.3 Å². The molecule has 0 saturated carbocycles. The van der Waals surface area contributed by atoms with Crippen molar-refractivity contribution in [3.8, 4) is 0 Å². The Bertz CT molecular complexity index is 396. The number of amides is 1. The number of rotatable bonds is 5. The fraction of sp³-hybridized carbons (Fsp3) is 0.364. The third kappa shape index (κ3) is 7.66. The summed E-state index contributed by atoms with van der Waals surface area (Å²) in [5, 5.41) is 2.41. The predicted octanol–water partition coefficient (Wildman–Crippen LogP) is 2.08. The summed E-state index contributed by atoms with van der Waals surface area (Å²) in [7, 11) is 0. The third-order valence-electron chi connectivity index (χ3n) is 1.97. The predicted molar refractivity (Wildman–Crippen MR) is 67.1 cm³/mol. The molecule has 19 heavy (non-hydrogen) atoms. The van der Waals surface area contributed by atoms with Crippen LogP contribution in [-0.2, 0) is 16.1 Å². The lowest BCUT2D eigenvalue weighted by molar-refractivity contribution is -0.174. The van der Waals surface area contributed by atoms with Crippen LogP contribution in [0.5, 0.6) is 0 Å². The van der Waals surface area contributed by atoms with Gasteiger partial charge in [-0.15, -0.1) is 12.4 Å². The molecule has 0 bridgehead atoms. The maximum atomic E-state index is 11.7. The summed E-state index contributed by atoms with van der Waals surface area (Å²) in [6.45, 7) is -1.70. The summed E-state index contributed by atoms with van der Waals surface area (Å²) >= 11 is 0. The largest absolute Gasteiger partial charge is 0.411 e. The van der Waals surface area contributed by atoms with E-state index in [4.69, 9.17) is 5.73 Å². The number of nitrogens with one attached hydrogen (secondary N) is 1. The van der Waals surface area contributed by atoms with E-state index in [0.717, 1.165) is 5.56 Å². The zero-order chi connectivity index (χ0) is 13.6. The van der Waals surface area contributed by atoms with Gasteiger partial charge in [0.1, 0.15) is 13.2 Å². The lowest BCUT2D eigenvalue weighted by Crippen LogP contribution is -2.23. The molecule has 4 nitrogen and oxygen atoms in total. The molecule has 8 heteroatoms. The van der Waals surface area contributed by atoms with Crippen LogP contribution in [0.4, 0.5) is 18.9 Å². The molecule has 0 saturated heterocycles. The maximum Gasteiger partial charge on any atom is 0.411 e. The van der Waals surface area contributed by atoms with E-state index in [9.17, 15) is 18.0 Å². The van der Waals surface area contributed by atoms with Gasteiger partial charge in [0, 0.05) is 12.2 Å². The zero-order valence-electron chi connectivity index (χ0n) is 9.87. The van der Waals surface area contributed by atoms with Gasteiger partial charge in [-0.3, -0.25) is 4.79 Å². The Labute approximate surface area is 114 Å². The van der Waals surface area contributed by atoms with Crippen LogP contribution in [0.3, 0.4) is 0 Å². The number of ether oxygens (including phenoxy) is 1. The topological polar surface area (TPSA) is 64.3 Å². The van der Waals surface area contributed by atoms with Crippen molar-refractivity contribution in [2.24, 2.45) is 5.73 Å². The van der Waals surface area contributed by atoms with Crippen LogP contribution < -0.4 is 11.1 Å². The second kappa shape index (κ2) is 7.98. The molecule has 1 amide bonds. The fourth-order valence-electron chi connectivity index (χ4n) is 1.18. The summed E-state index contributed by atoms with van der Waals surface area (Å²) < 4.78 is 39.5. The van der Waals surface area contributed by atoms with Crippen LogP contribution in [0.15, 0.2) is 24.3 Å². The number of halogens is 4. The second-order valence-electron chi connectivity index (χ2n) is 3.56. The summed E-state index contributed by atoms with van der Waals surface area (Å²) in [5.41, 5.74) is 6.76. The highest BCUT2D eigenvalue weighted by Gasteiger charge is 2.27. The van der Waals surface area contributed by atoms with Crippen LogP contribution in [0.1, 0.15) is 5.56 Å². The van der Waals surface area contributed by atoms with E-state index in [0.29, 0.717) is 12.2 Å². The first kappa shape index (κ1) is 17.7. The first-order chi connectivity index (χ1) is 8.40. The van der Waals surface area contributed by atoms with Crippen molar-refractivity contribution in [2.45, 2.75) is 12.7 Å². The number of benzene rings is 1. The Morgan fingerprint density at radius 3 is 2.32 bits per heavy atom. The van der Waals surface area contributed by atoms with Gasteiger partial charge in [-0.1, -0.05) is 12.1 Å². The molecule has 0 radical (unpaired) electrons. The number of alkyl halides is 3. The molecule has 0 aliphatic heterocycles. The minimum atomic E-state index is -4.43. The van der Waals surface area contributed by atoms with Crippen molar-refractivity contribution in [3.63, 3.8) is 0 Å². The highest BCUT2D eigenvalue weighted by molar-refractivity contribution is 5.91. The number of carbonyl (C=O) groups excluding carboxylic acids is 1. The normalized spacial score (nSPS) is 10.7. The molecule has 0 aliphatic rings. The molecule has 0 heterocycles. The molecule has 1 aromatic rings. The van der Waals surface area contributed by atoms with E-state index < -0.39 is 25.3 Å². The smallest absolute Gasteiger partial charge is 0.362 e. The molecule has 0 aliphatic carbocycles. The quantitative estimate of drug-likeness (QED) is 0.875. The van der Waals surface area contributed by atoms with Gasteiger partial charge in [-0.05, 0) is 17.7 Å². The Hall–Kier alpha value is -1.31. The van der Waals surface area contributed by atoms with E-state index in [2.05, 4.69) is 10.1 Å². The molecule has 0 aromatic heterocycles. The van der Waals surface area contributed by atoms with Gasteiger partial charge in [0.05, 0.1) is 0 Å².